The zero-order valence-electron chi connectivity index (χ0n) is 12.8. The first-order valence-corrected chi connectivity index (χ1v) is 7.67. The molecule has 0 bridgehead atoms. The fraction of sp³-hybridized carbons (Fsp3) is 0.500. The molecule has 1 fully saturated rings. The van der Waals surface area contributed by atoms with Gasteiger partial charge in [0.1, 0.15) is 0 Å². The van der Waals surface area contributed by atoms with Crippen LogP contribution in [0.5, 0.6) is 0 Å². The molecule has 1 aliphatic heterocycles. The van der Waals surface area contributed by atoms with E-state index in [1.165, 1.54) is 0 Å². The maximum Gasteiger partial charge on any atom is 0.226 e. The number of benzene rings is 1. The first-order chi connectivity index (χ1) is 10.7. The third-order valence-electron chi connectivity index (χ3n) is 4.01. The number of nitrogens with zero attached hydrogens (tertiary/aromatic N) is 2. The van der Waals surface area contributed by atoms with E-state index in [9.17, 15) is 4.79 Å². The number of para-hydroxylation sites is 1. The van der Waals surface area contributed by atoms with Gasteiger partial charge in [-0.25, -0.2) is 0 Å². The fourth-order valence-corrected chi connectivity index (χ4v) is 2.81. The Kier molecular flexibility index (Phi) is 4.70. The average Bonchev–Trinajstić information content (AvgIpc) is 2.79. The number of hydrogen-bond donors (Lipinski definition) is 2. The number of aromatic nitrogens is 2. The van der Waals surface area contributed by atoms with Crippen LogP contribution in [-0.4, -0.2) is 60.9 Å². The summed E-state index contributed by atoms with van der Waals surface area (Å²) < 4.78 is 5.56. The lowest BCUT2D eigenvalue weighted by Gasteiger charge is -2.19. The lowest BCUT2D eigenvalue weighted by Crippen LogP contribution is -2.36. The van der Waals surface area contributed by atoms with Gasteiger partial charge in [0.2, 0.25) is 5.91 Å². The van der Waals surface area contributed by atoms with Crippen LogP contribution in [0.3, 0.4) is 0 Å². The van der Waals surface area contributed by atoms with Gasteiger partial charge in [0, 0.05) is 30.9 Å². The normalized spacial score (nSPS) is 20.0. The van der Waals surface area contributed by atoms with Gasteiger partial charge in [0.25, 0.3) is 0 Å². The first-order valence-electron chi connectivity index (χ1n) is 7.67. The van der Waals surface area contributed by atoms with Gasteiger partial charge in [-0.3, -0.25) is 9.89 Å². The smallest absolute Gasteiger partial charge is 0.226 e. The van der Waals surface area contributed by atoms with Gasteiger partial charge < -0.3 is 15.0 Å². The van der Waals surface area contributed by atoms with Crippen molar-refractivity contribution in [2.45, 2.75) is 6.42 Å². The van der Waals surface area contributed by atoms with Crippen LogP contribution in [0.1, 0.15) is 5.69 Å². The number of H-pyrrole nitrogens is 1. The highest BCUT2D eigenvalue weighted by Crippen LogP contribution is 2.15. The molecule has 0 spiro atoms. The number of aromatic amines is 1. The number of carbonyl (C=O) groups is 1. The van der Waals surface area contributed by atoms with Crippen molar-refractivity contribution >= 4 is 16.8 Å². The quantitative estimate of drug-likeness (QED) is 0.876. The summed E-state index contributed by atoms with van der Waals surface area (Å²) in [5.74, 6) is 0.358. The van der Waals surface area contributed by atoms with Crippen molar-refractivity contribution < 1.29 is 9.53 Å². The van der Waals surface area contributed by atoms with Crippen molar-refractivity contribution in [1.29, 1.82) is 0 Å². The van der Waals surface area contributed by atoms with Crippen LogP contribution in [0.4, 0.5) is 0 Å². The van der Waals surface area contributed by atoms with Crippen molar-refractivity contribution in [3.05, 3.63) is 30.0 Å². The molecule has 2 heterocycles. The van der Waals surface area contributed by atoms with Crippen LogP contribution in [0, 0.1) is 5.92 Å². The van der Waals surface area contributed by atoms with Crippen molar-refractivity contribution in [3.8, 4) is 0 Å². The number of rotatable bonds is 4. The number of fused-ring (bicyclic) bond motifs is 1. The number of ether oxygens (including phenoxy) is 1. The van der Waals surface area contributed by atoms with E-state index in [4.69, 9.17) is 4.74 Å². The Morgan fingerprint density at radius 1 is 1.50 bits per heavy atom. The molecule has 1 amide bonds. The van der Waals surface area contributed by atoms with E-state index >= 15 is 0 Å². The van der Waals surface area contributed by atoms with E-state index in [0.29, 0.717) is 25.5 Å². The zero-order valence-corrected chi connectivity index (χ0v) is 12.8. The van der Waals surface area contributed by atoms with Gasteiger partial charge in [0.15, 0.2) is 0 Å². The van der Waals surface area contributed by atoms with Crippen LogP contribution < -0.4 is 5.32 Å². The van der Waals surface area contributed by atoms with Crippen LogP contribution >= 0.6 is 0 Å². The molecular weight excluding hydrogens is 280 g/mol. The van der Waals surface area contributed by atoms with Gasteiger partial charge in [-0.05, 0) is 13.1 Å². The molecule has 3 rings (SSSR count). The molecule has 1 aromatic heterocycles. The molecule has 118 valence electrons. The summed E-state index contributed by atoms with van der Waals surface area (Å²) in [6, 6.07) is 7.81. The minimum absolute atomic E-state index is 0.0151. The van der Waals surface area contributed by atoms with Gasteiger partial charge in [0.05, 0.1) is 30.8 Å². The fourth-order valence-electron chi connectivity index (χ4n) is 2.81. The van der Waals surface area contributed by atoms with Crippen LogP contribution in [0.25, 0.3) is 10.9 Å². The molecule has 0 radical (unpaired) electrons. The molecule has 2 N–H and O–H groups in total. The number of amides is 1. The molecule has 6 heteroatoms. The summed E-state index contributed by atoms with van der Waals surface area (Å²) in [5.41, 5.74) is 1.76. The predicted molar refractivity (Wildman–Crippen MR) is 84.6 cm³/mol. The van der Waals surface area contributed by atoms with Crippen LogP contribution in [-0.2, 0) is 16.0 Å². The third kappa shape index (κ3) is 3.64. The van der Waals surface area contributed by atoms with E-state index in [0.717, 1.165) is 36.3 Å². The molecule has 0 unspecified atom stereocenters. The Bertz CT molecular complexity index is 640. The van der Waals surface area contributed by atoms with Crippen molar-refractivity contribution in [2.24, 2.45) is 5.92 Å². The maximum atomic E-state index is 12.2. The average molecular weight is 302 g/mol. The highest BCUT2D eigenvalue weighted by atomic mass is 16.5. The van der Waals surface area contributed by atoms with E-state index < -0.39 is 0 Å². The van der Waals surface area contributed by atoms with Crippen molar-refractivity contribution in [1.82, 2.24) is 20.4 Å². The summed E-state index contributed by atoms with van der Waals surface area (Å²) in [6.07, 6.45) is 0.323. The lowest BCUT2D eigenvalue weighted by atomic mass is 10.1. The summed E-state index contributed by atoms with van der Waals surface area (Å²) in [6.45, 7) is 4.02. The second-order valence-corrected chi connectivity index (χ2v) is 5.90. The summed E-state index contributed by atoms with van der Waals surface area (Å²) >= 11 is 0. The molecule has 1 saturated heterocycles. The summed E-state index contributed by atoms with van der Waals surface area (Å²) in [5, 5.41) is 11.2. The van der Waals surface area contributed by atoms with E-state index in [-0.39, 0.29) is 5.91 Å². The minimum Gasteiger partial charge on any atom is -0.380 e. The Labute approximate surface area is 129 Å². The Balaban J connectivity index is 1.54. The topological polar surface area (TPSA) is 70.2 Å². The monoisotopic (exact) mass is 302 g/mol. The van der Waals surface area contributed by atoms with E-state index in [2.05, 4.69) is 27.5 Å². The first kappa shape index (κ1) is 15.0. The number of nitrogens with one attached hydrogen (secondary N) is 2. The highest BCUT2D eigenvalue weighted by Gasteiger charge is 2.17. The zero-order chi connectivity index (χ0) is 15.4. The molecule has 1 aromatic carbocycles. The second-order valence-electron chi connectivity index (χ2n) is 5.90. The molecule has 2 aromatic rings. The molecule has 1 atom stereocenters. The molecule has 1 aliphatic rings. The third-order valence-corrected chi connectivity index (χ3v) is 4.01. The molecule has 0 saturated carbocycles. The highest BCUT2D eigenvalue weighted by molar-refractivity contribution is 5.87. The van der Waals surface area contributed by atoms with Gasteiger partial charge >= 0.3 is 0 Å². The Hall–Kier alpha value is -1.92. The predicted octanol–water partition coefficient (Wildman–Crippen LogP) is 0.800. The standard InChI is InChI=1S/C16H22N4O2/c1-20-6-7-22-11-12(10-20)9-17-16(21)8-15-13-4-2-3-5-14(13)18-19-15/h2-5,12H,6-11H2,1H3,(H,17,21)(H,18,19)/t12-/m1/s1. The van der Waals surface area contributed by atoms with Gasteiger partial charge in [-0.2, -0.15) is 5.10 Å². The van der Waals surface area contributed by atoms with Crippen LogP contribution in [0.15, 0.2) is 24.3 Å². The largest absolute Gasteiger partial charge is 0.380 e. The second kappa shape index (κ2) is 6.89. The molecule has 22 heavy (non-hydrogen) atoms. The maximum absolute atomic E-state index is 12.2. The van der Waals surface area contributed by atoms with Gasteiger partial charge in [-0.1, -0.05) is 18.2 Å². The molecule has 6 nitrogen and oxygen atoms in total. The summed E-state index contributed by atoms with van der Waals surface area (Å²) in [4.78, 5) is 14.4. The number of hydrogen-bond acceptors (Lipinski definition) is 4. The Morgan fingerprint density at radius 3 is 3.27 bits per heavy atom. The number of likely N-dealkylation sites (N-methyl/N-ethyl adjacent to an activating group) is 1. The van der Waals surface area contributed by atoms with Crippen LogP contribution in [0.2, 0.25) is 0 Å². The van der Waals surface area contributed by atoms with Crippen molar-refractivity contribution in [2.75, 3.05) is 39.9 Å². The summed E-state index contributed by atoms with van der Waals surface area (Å²) in [7, 11) is 2.08. The SMILES string of the molecule is CN1CCOC[C@H](CNC(=O)Cc2[nH]nc3ccccc23)C1. The Morgan fingerprint density at radius 2 is 2.36 bits per heavy atom. The van der Waals surface area contributed by atoms with Gasteiger partial charge in [-0.15, -0.1) is 0 Å². The molecule has 0 aliphatic carbocycles. The molecular formula is C16H22N4O2. The minimum atomic E-state index is 0.0151. The van der Waals surface area contributed by atoms with E-state index in [1.54, 1.807) is 0 Å². The van der Waals surface area contributed by atoms with Crippen molar-refractivity contribution in [3.63, 3.8) is 0 Å². The number of carbonyl (C=O) groups excluding carboxylic acids is 1. The van der Waals surface area contributed by atoms with E-state index in [1.807, 2.05) is 24.3 Å². The lowest BCUT2D eigenvalue weighted by molar-refractivity contribution is -0.120.